The maximum Gasteiger partial charge on any atom is 0.303 e. The number of aliphatic hydroxyl groups excluding tert-OH is 3. The third-order valence-corrected chi connectivity index (χ3v) is 3.26. The minimum atomic E-state index is -1.02. The van der Waals surface area contributed by atoms with Gasteiger partial charge < -0.3 is 20.4 Å². The van der Waals surface area contributed by atoms with E-state index in [2.05, 4.69) is 0 Å². The van der Waals surface area contributed by atoms with Crippen molar-refractivity contribution < 1.29 is 25.2 Å². The Kier molecular flexibility index (Phi) is 14.4. The van der Waals surface area contributed by atoms with Crippen LogP contribution in [0.25, 0.3) is 0 Å². The number of carboxylic acids is 1. The molecule has 0 saturated heterocycles. The zero-order valence-electron chi connectivity index (χ0n) is 14.7. The van der Waals surface area contributed by atoms with E-state index in [9.17, 15) is 20.1 Å². The molecule has 0 aromatic carbocycles. The lowest BCUT2D eigenvalue weighted by atomic mass is 10.1. The third-order valence-electron chi connectivity index (χ3n) is 3.26. The molecule has 0 aliphatic heterocycles. The van der Waals surface area contributed by atoms with Gasteiger partial charge in [0.2, 0.25) is 0 Å². The van der Waals surface area contributed by atoms with Crippen molar-refractivity contribution >= 4 is 5.97 Å². The second-order valence-corrected chi connectivity index (χ2v) is 5.57. The summed E-state index contributed by atoms with van der Waals surface area (Å²) in [4.78, 5) is 10.4. The van der Waals surface area contributed by atoms with E-state index < -0.39 is 24.3 Å². The van der Waals surface area contributed by atoms with Gasteiger partial charge in [-0.15, -0.1) is 0 Å². The standard InChI is InChI=1S/C20H30O5/c1-2-3-8-12-17(21)13-9-6-4-5-7-10-14-18(22)19(23)15-11-16-20(24)25/h3-10,13-14,17-19,21-23H,2,11-12,15-16H2,1H3,(H,24,25)/b6-4+,7-5-,8-3-,13-9+,14-10-/t17-,18+,19-/m0/s1. The molecule has 5 heteroatoms. The molecule has 0 aliphatic carbocycles. The summed E-state index contributed by atoms with van der Waals surface area (Å²) >= 11 is 0. The van der Waals surface area contributed by atoms with Gasteiger partial charge in [0, 0.05) is 6.42 Å². The van der Waals surface area contributed by atoms with Crippen LogP contribution in [0.1, 0.15) is 39.0 Å². The maximum atomic E-state index is 10.4. The van der Waals surface area contributed by atoms with Gasteiger partial charge in [-0.2, -0.15) is 0 Å². The van der Waals surface area contributed by atoms with Gasteiger partial charge >= 0.3 is 5.97 Å². The molecule has 140 valence electrons. The highest BCUT2D eigenvalue weighted by atomic mass is 16.4. The number of aliphatic hydroxyl groups is 3. The van der Waals surface area contributed by atoms with Crippen molar-refractivity contribution in [1.82, 2.24) is 0 Å². The zero-order valence-corrected chi connectivity index (χ0v) is 14.7. The number of rotatable bonds is 13. The van der Waals surface area contributed by atoms with Crippen LogP contribution in [0.5, 0.6) is 0 Å². The summed E-state index contributed by atoms with van der Waals surface area (Å²) in [6.07, 6.45) is 17.2. The first-order valence-corrected chi connectivity index (χ1v) is 8.56. The second kappa shape index (κ2) is 15.6. The molecule has 3 atom stereocenters. The van der Waals surface area contributed by atoms with Gasteiger partial charge in [-0.05, 0) is 25.7 Å². The molecule has 0 radical (unpaired) electrons. The van der Waals surface area contributed by atoms with E-state index in [1.807, 2.05) is 19.1 Å². The van der Waals surface area contributed by atoms with Crippen molar-refractivity contribution in [3.63, 3.8) is 0 Å². The van der Waals surface area contributed by atoms with Crippen molar-refractivity contribution in [2.24, 2.45) is 0 Å². The van der Waals surface area contributed by atoms with Gasteiger partial charge in [-0.3, -0.25) is 4.79 Å². The topological polar surface area (TPSA) is 98.0 Å². The Morgan fingerprint density at radius 2 is 1.52 bits per heavy atom. The summed E-state index contributed by atoms with van der Waals surface area (Å²) in [6, 6.07) is 0. The molecule has 0 bridgehead atoms. The van der Waals surface area contributed by atoms with Gasteiger partial charge in [-0.1, -0.05) is 67.7 Å². The van der Waals surface area contributed by atoms with Crippen LogP contribution in [0.4, 0.5) is 0 Å². The zero-order chi connectivity index (χ0) is 18.9. The van der Waals surface area contributed by atoms with E-state index in [1.54, 1.807) is 42.5 Å². The van der Waals surface area contributed by atoms with Crippen LogP contribution in [-0.2, 0) is 4.79 Å². The van der Waals surface area contributed by atoms with Crippen molar-refractivity contribution in [3.8, 4) is 0 Å². The first kappa shape index (κ1) is 23.1. The van der Waals surface area contributed by atoms with Crippen molar-refractivity contribution in [3.05, 3.63) is 60.8 Å². The van der Waals surface area contributed by atoms with Crippen LogP contribution < -0.4 is 0 Å². The lowest BCUT2D eigenvalue weighted by molar-refractivity contribution is -0.137. The Hall–Kier alpha value is -1.95. The Labute approximate surface area is 150 Å². The summed E-state index contributed by atoms with van der Waals surface area (Å²) in [5, 5.41) is 37.5. The molecule has 0 amide bonds. The fourth-order valence-electron chi connectivity index (χ4n) is 1.87. The van der Waals surface area contributed by atoms with E-state index in [4.69, 9.17) is 5.11 Å². The molecule has 0 aliphatic rings. The third kappa shape index (κ3) is 15.3. The smallest absolute Gasteiger partial charge is 0.303 e. The highest BCUT2D eigenvalue weighted by Gasteiger charge is 2.12. The highest BCUT2D eigenvalue weighted by molar-refractivity contribution is 5.66. The Balaban J connectivity index is 4.02. The normalized spacial score (nSPS) is 16.6. The number of carboxylic acid groups (broad SMARTS) is 1. The molecule has 0 spiro atoms. The van der Waals surface area contributed by atoms with E-state index in [1.165, 1.54) is 6.08 Å². The first-order valence-electron chi connectivity index (χ1n) is 8.56. The Morgan fingerprint density at radius 1 is 0.920 bits per heavy atom. The average molecular weight is 350 g/mol. The van der Waals surface area contributed by atoms with Gasteiger partial charge in [0.25, 0.3) is 0 Å². The van der Waals surface area contributed by atoms with Crippen LogP contribution in [0.15, 0.2) is 60.8 Å². The fourth-order valence-corrected chi connectivity index (χ4v) is 1.87. The molecule has 0 aromatic heterocycles. The van der Waals surface area contributed by atoms with Crippen LogP contribution >= 0.6 is 0 Å². The maximum absolute atomic E-state index is 10.4. The van der Waals surface area contributed by atoms with Gasteiger partial charge in [0.15, 0.2) is 0 Å². The number of hydrogen-bond acceptors (Lipinski definition) is 4. The molecule has 0 saturated carbocycles. The minimum Gasteiger partial charge on any atom is -0.481 e. The van der Waals surface area contributed by atoms with Crippen molar-refractivity contribution in [2.75, 3.05) is 0 Å². The van der Waals surface area contributed by atoms with E-state index in [0.717, 1.165) is 6.42 Å². The predicted molar refractivity (Wildman–Crippen MR) is 100 cm³/mol. The minimum absolute atomic E-state index is 0.0186. The van der Waals surface area contributed by atoms with Crippen LogP contribution in [0.3, 0.4) is 0 Å². The number of carbonyl (C=O) groups is 1. The summed E-state index contributed by atoms with van der Waals surface area (Å²) in [5.74, 6) is -0.911. The highest BCUT2D eigenvalue weighted by Crippen LogP contribution is 2.06. The molecule has 0 fully saturated rings. The fraction of sp³-hybridized carbons (Fsp3) is 0.450. The SMILES string of the molecule is CC/C=C\C[C@H](O)/C=C/C=C/C=C\C=C/[C@@H](O)[C@@H](O)CCCC(=O)O. The van der Waals surface area contributed by atoms with Crippen LogP contribution in [-0.4, -0.2) is 44.7 Å². The monoisotopic (exact) mass is 350 g/mol. The lowest BCUT2D eigenvalue weighted by Gasteiger charge is -2.13. The Bertz CT molecular complexity index is 488. The average Bonchev–Trinajstić information content (AvgIpc) is 2.56. The molecular formula is C20H30O5. The molecule has 25 heavy (non-hydrogen) atoms. The van der Waals surface area contributed by atoms with E-state index >= 15 is 0 Å². The van der Waals surface area contributed by atoms with Gasteiger partial charge in [-0.25, -0.2) is 0 Å². The molecule has 5 nitrogen and oxygen atoms in total. The summed E-state index contributed by atoms with van der Waals surface area (Å²) < 4.78 is 0. The first-order chi connectivity index (χ1) is 12.0. The number of hydrogen-bond donors (Lipinski definition) is 4. The van der Waals surface area contributed by atoms with Crippen molar-refractivity contribution in [1.29, 1.82) is 0 Å². The molecule has 4 N–H and O–H groups in total. The number of allylic oxidation sites excluding steroid dienone is 7. The summed E-state index contributed by atoms with van der Waals surface area (Å²) in [6.45, 7) is 2.04. The molecule has 0 heterocycles. The Morgan fingerprint density at radius 3 is 2.12 bits per heavy atom. The lowest BCUT2D eigenvalue weighted by Crippen LogP contribution is -2.23. The molecule has 0 rings (SSSR count). The number of aliphatic carboxylic acids is 1. The molecule has 0 unspecified atom stereocenters. The second-order valence-electron chi connectivity index (χ2n) is 5.57. The quantitative estimate of drug-likeness (QED) is 0.302. The van der Waals surface area contributed by atoms with Crippen LogP contribution in [0.2, 0.25) is 0 Å². The van der Waals surface area contributed by atoms with E-state index in [-0.39, 0.29) is 12.8 Å². The van der Waals surface area contributed by atoms with Gasteiger partial charge in [0.05, 0.1) is 18.3 Å². The van der Waals surface area contributed by atoms with Crippen LogP contribution in [0, 0.1) is 0 Å². The van der Waals surface area contributed by atoms with E-state index in [0.29, 0.717) is 12.8 Å². The molecule has 0 aromatic rings. The summed E-state index contributed by atoms with van der Waals surface area (Å²) in [5.41, 5.74) is 0. The molecular weight excluding hydrogens is 320 g/mol. The van der Waals surface area contributed by atoms with Crippen molar-refractivity contribution in [2.45, 2.75) is 57.3 Å². The predicted octanol–water partition coefficient (Wildman–Crippen LogP) is 2.91. The largest absolute Gasteiger partial charge is 0.481 e. The summed E-state index contributed by atoms with van der Waals surface area (Å²) in [7, 11) is 0. The van der Waals surface area contributed by atoms with Gasteiger partial charge in [0.1, 0.15) is 0 Å².